The van der Waals surface area contributed by atoms with Crippen LogP contribution in [0.15, 0.2) is 53.5 Å². The SMILES string of the molecule is COCCn1ccc2c(OCC(=O)Nc3ccc4c(c3)OCO4)cccc2c1=O. The van der Waals surface area contributed by atoms with Crippen LogP contribution < -0.4 is 25.1 Å². The van der Waals surface area contributed by atoms with Crippen LogP contribution in [0.2, 0.25) is 0 Å². The maximum absolute atomic E-state index is 12.6. The Morgan fingerprint density at radius 1 is 1.14 bits per heavy atom. The highest BCUT2D eigenvalue weighted by Crippen LogP contribution is 2.34. The van der Waals surface area contributed by atoms with Gasteiger partial charge in [-0.15, -0.1) is 0 Å². The molecule has 1 amide bonds. The summed E-state index contributed by atoms with van der Waals surface area (Å²) in [5.41, 5.74) is 0.455. The van der Waals surface area contributed by atoms with E-state index in [0.29, 0.717) is 46.9 Å². The molecule has 1 N–H and O–H groups in total. The van der Waals surface area contributed by atoms with E-state index >= 15 is 0 Å². The van der Waals surface area contributed by atoms with Gasteiger partial charge in [0.25, 0.3) is 11.5 Å². The van der Waals surface area contributed by atoms with E-state index in [9.17, 15) is 9.59 Å². The van der Waals surface area contributed by atoms with E-state index in [1.807, 2.05) is 0 Å². The topological polar surface area (TPSA) is 88.0 Å². The second kappa shape index (κ2) is 8.24. The normalized spacial score (nSPS) is 12.2. The summed E-state index contributed by atoms with van der Waals surface area (Å²) < 4.78 is 22.8. The number of anilines is 1. The molecule has 3 aromatic rings. The van der Waals surface area contributed by atoms with Crippen LogP contribution in [0.3, 0.4) is 0 Å². The molecular weight excluding hydrogens is 376 g/mol. The van der Waals surface area contributed by atoms with Crippen molar-refractivity contribution in [2.24, 2.45) is 0 Å². The fraction of sp³-hybridized carbons (Fsp3) is 0.238. The van der Waals surface area contributed by atoms with Crippen molar-refractivity contribution in [3.8, 4) is 17.2 Å². The van der Waals surface area contributed by atoms with Crippen molar-refractivity contribution >= 4 is 22.4 Å². The number of amides is 1. The molecule has 1 aliphatic rings. The molecule has 0 saturated heterocycles. The van der Waals surface area contributed by atoms with Crippen LogP contribution >= 0.6 is 0 Å². The lowest BCUT2D eigenvalue weighted by Crippen LogP contribution is -2.22. The van der Waals surface area contributed by atoms with Gasteiger partial charge in [0, 0.05) is 37.0 Å². The average molecular weight is 396 g/mol. The van der Waals surface area contributed by atoms with Gasteiger partial charge in [-0.3, -0.25) is 9.59 Å². The van der Waals surface area contributed by atoms with E-state index < -0.39 is 0 Å². The molecule has 0 fully saturated rings. The van der Waals surface area contributed by atoms with E-state index in [0.717, 1.165) is 0 Å². The minimum Gasteiger partial charge on any atom is -0.483 e. The second-order valence-electron chi connectivity index (χ2n) is 6.43. The third-order valence-electron chi connectivity index (χ3n) is 4.53. The predicted molar refractivity (Wildman–Crippen MR) is 107 cm³/mol. The lowest BCUT2D eigenvalue weighted by molar-refractivity contribution is -0.118. The molecule has 150 valence electrons. The van der Waals surface area contributed by atoms with Crippen molar-refractivity contribution in [2.75, 3.05) is 32.4 Å². The number of ether oxygens (including phenoxy) is 4. The van der Waals surface area contributed by atoms with Gasteiger partial charge < -0.3 is 28.8 Å². The Kier molecular flexibility index (Phi) is 5.35. The zero-order valence-corrected chi connectivity index (χ0v) is 15.8. The quantitative estimate of drug-likeness (QED) is 0.660. The number of pyridine rings is 1. The van der Waals surface area contributed by atoms with Crippen molar-refractivity contribution in [1.29, 1.82) is 0 Å². The van der Waals surface area contributed by atoms with Crippen molar-refractivity contribution in [2.45, 2.75) is 6.54 Å². The molecule has 29 heavy (non-hydrogen) atoms. The van der Waals surface area contributed by atoms with Crippen LogP contribution in [0.4, 0.5) is 5.69 Å². The Bertz CT molecular complexity index is 1110. The maximum Gasteiger partial charge on any atom is 0.262 e. The number of benzene rings is 2. The number of hydrogen-bond acceptors (Lipinski definition) is 6. The van der Waals surface area contributed by atoms with Gasteiger partial charge in [-0.1, -0.05) is 6.07 Å². The zero-order valence-electron chi connectivity index (χ0n) is 15.8. The summed E-state index contributed by atoms with van der Waals surface area (Å²) in [5.74, 6) is 1.38. The molecule has 1 aliphatic heterocycles. The van der Waals surface area contributed by atoms with E-state index in [-0.39, 0.29) is 24.9 Å². The minimum atomic E-state index is -0.325. The summed E-state index contributed by atoms with van der Waals surface area (Å²) in [6.45, 7) is 0.889. The lowest BCUT2D eigenvalue weighted by Gasteiger charge is -2.11. The molecule has 8 nitrogen and oxygen atoms in total. The molecule has 8 heteroatoms. The van der Waals surface area contributed by atoms with Gasteiger partial charge in [0.1, 0.15) is 5.75 Å². The summed E-state index contributed by atoms with van der Waals surface area (Å²) in [5, 5.41) is 3.93. The molecule has 4 rings (SSSR count). The van der Waals surface area contributed by atoms with Crippen molar-refractivity contribution in [3.63, 3.8) is 0 Å². The Hall–Kier alpha value is -3.52. The number of carbonyl (C=O) groups excluding carboxylic acids is 1. The summed E-state index contributed by atoms with van der Waals surface area (Å²) in [6.07, 6.45) is 1.70. The third kappa shape index (κ3) is 4.02. The van der Waals surface area contributed by atoms with Crippen molar-refractivity contribution in [3.05, 3.63) is 59.0 Å². The summed E-state index contributed by atoms with van der Waals surface area (Å²) in [6, 6.07) is 12.2. The standard InChI is InChI=1S/C21H20N2O6/c1-26-10-9-23-8-7-15-16(21(23)25)3-2-4-17(15)27-12-20(24)22-14-5-6-18-19(11-14)29-13-28-18/h2-8,11H,9-10,12-13H2,1H3,(H,22,24). The molecule has 0 spiro atoms. The molecule has 0 saturated carbocycles. The summed E-state index contributed by atoms with van der Waals surface area (Å²) >= 11 is 0. The largest absolute Gasteiger partial charge is 0.483 e. The number of nitrogens with one attached hydrogen (secondary N) is 1. The first kappa shape index (κ1) is 18.8. The third-order valence-corrected chi connectivity index (χ3v) is 4.53. The number of carbonyl (C=O) groups is 1. The molecule has 0 bridgehead atoms. The van der Waals surface area contributed by atoms with Gasteiger partial charge in [0.05, 0.1) is 12.0 Å². The van der Waals surface area contributed by atoms with E-state index in [1.165, 1.54) is 0 Å². The number of nitrogens with zero attached hydrogens (tertiary/aromatic N) is 1. The van der Waals surface area contributed by atoms with Gasteiger partial charge in [-0.2, -0.15) is 0 Å². The molecule has 0 aliphatic carbocycles. The highest BCUT2D eigenvalue weighted by molar-refractivity contribution is 5.93. The van der Waals surface area contributed by atoms with Gasteiger partial charge in [-0.05, 0) is 30.3 Å². The van der Waals surface area contributed by atoms with Crippen LogP contribution in [0.5, 0.6) is 17.2 Å². The number of fused-ring (bicyclic) bond motifs is 2. The number of methoxy groups -OCH3 is 1. The Labute approximate surface area is 166 Å². The Balaban J connectivity index is 1.46. The average Bonchev–Trinajstić information content (AvgIpc) is 3.20. The second-order valence-corrected chi connectivity index (χ2v) is 6.43. The molecule has 0 unspecified atom stereocenters. The van der Waals surface area contributed by atoms with Crippen LogP contribution in [-0.2, 0) is 16.1 Å². The van der Waals surface area contributed by atoms with Gasteiger partial charge >= 0.3 is 0 Å². The smallest absolute Gasteiger partial charge is 0.262 e. The minimum absolute atomic E-state index is 0.130. The van der Waals surface area contributed by atoms with Gasteiger partial charge in [0.15, 0.2) is 18.1 Å². The fourth-order valence-corrected chi connectivity index (χ4v) is 3.10. The molecule has 0 radical (unpaired) electrons. The molecule has 2 heterocycles. The first-order valence-corrected chi connectivity index (χ1v) is 9.09. The molecule has 0 atom stereocenters. The Morgan fingerprint density at radius 2 is 2.00 bits per heavy atom. The number of rotatable bonds is 7. The fourth-order valence-electron chi connectivity index (χ4n) is 3.10. The maximum atomic E-state index is 12.6. The van der Waals surface area contributed by atoms with Crippen molar-refractivity contribution < 1.29 is 23.7 Å². The van der Waals surface area contributed by atoms with Crippen LogP contribution in [0.1, 0.15) is 0 Å². The van der Waals surface area contributed by atoms with E-state index in [1.54, 1.807) is 60.3 Å². The van der Waals surface area contributed by atoms with Gasteiger partial charge in [0.2, 0.25) is 6.79 Å². The Morgan fingerprint density at radius 3 is 2.86 bits per heavy atom. The van der Waals surface area contributed by atoms with Gasteiger partial charge in [-0.25, -0.2) is 0 Å². The first-order chi connectivity index (χ1) is 14.2. The van der Waals surface area contributed by atoms with E-state index in [2.05, 4.69) is 5.32 Å². The first-order valence-electron chi connectivity index (χ1n) is 9.09. The highest BCUT2D eigenvalue weighted by Gasteiger charge is 2.15. The van der Waals surface area contributed by atoms with Crippen molar-refractivity contribution in [1.82, 2.24) is 4.57 Å². The van der Waals surface area contributed by atoms with Crippen LogP contribution in [-0.4, -0.2) is 37.6 Å². The van der Waals surface area contributed by atoms with E-state index in [4.69, 9.17) is 18.9 Å². The number of aromatic nitrogens is 1. The monoisotopic (exact) mass is 396 g/mol. The molecular formula is C21H20N2O6. The highest BCUT2D eigenvalue weighted by atomic mass is 16.7. The van der Waals surface area contributed by atoms with Crippen LogP contribution in [0.25, 0.3) is 10.8 Å². The molecule has 1 aromatic heterocycles. The molecule has 2 aromatic carbocycles. The lowest BCUT2D eigenvalue weighted by atomic mass is 10.1. The zero-order chi connectivity index (χ0) is 20.2. The summed E-state index contributed by atoms with van der Waals surface area (Å²) in [7, 11) is 1.59. The predicted octanol–water partition coefficient (Wildman–Crippen LogP) is 2.39. The van der Waals surface area contributed by atoms with Crippen LogP contribution in [0, 0.1) is 0 Å². The summed E-state index contributed by atoms with van der Waals surface area (Å²) in [4.78, 5) is 24.9. The number of hydrogen-bond donors (Lipinski definition) is 1.